The molecular formula is C61H62BI2N10O8S2-. The molecule has 0 fully saturated rings. The van der Waals surface area contributed by atoms with Crippen LogP contribution in [-0.4, -0.2) is 83.6 Å². The summed E-state index contributed by atoms with van der Waals surface area (Å²) in [4.78, 5) is 26.7. The predicted molar refractivity (Wildman–Crippen MR) is 339 cm³/mol. The number of alkyl halides is 2. The topological polar surface area (TPSA) is 268 Å². The van der Waals surface area contributed by atoms with Crippen LogP contribution in [0.5, 0.6) is 0 Å². The first kappa shape index (κ1) is 62.5. The molecule has 0 aliphatic heterocycles. The third kappa shape index (κ3) is 13.8. The van der Waals surface area contributed by atoms with Gasteiger partial charge in [-0.3, -0.25) is 9.97 Å². The molecule has 0 amide bonds. The number of nitrogens with zero attached hydrogens (tertiary/aromatic N) is 6. The average Bonchev–Trinajstić information content (AvgIpc) is 2.94. The summed E-state index contributed by atoms with van der Waals surface area (Å²) >= 11 is 2.79. The minimum atomic E-state index is -3.83. The van der Waals surface area contributed by atoms with E-state index in [4.69, 9.17) is 14.0 Å². The van der Waals surface area contributed by atoms with Crippen molar-refractivity contribution in [1.82, 2.24) is 40.2 Å². The number of sulfonamides is 2. The molecule has 0 unspecified atom stereocenters. The minimum absolute atomic E-state index is 0. The fourth-order valence-electron chi connectivity index (χ4n) is 9.57. The Labute approximate surface area is 512 Å². The minimum Gasteiger partial charge on any atom is -0.423 e. The van der Waals surface area contributed by atoms with Gasteiger partial charge >= 0.3 is 51.0 Å². The van der Waals surface area contributed by atoms with Gasteiger partial charge in [-0.15, -0.1) is 0 Å². The van der Waals surface area contributed by atoms with Crippen LogP contribution >= 0.6 is 22.6 Å². The van der Waals surface area contributed by atoms with Crippen molar-refractivity contribution in [2.45, 2.75) is 72.1 Å². The molecule has 0 radical (unpaired) electrons. The number of hydrogen-bond donors (Lipinski definition) is 6. The normalized spacial score (nSPS) is 11.3. The first-order chi connectivity index (χ1) is 39.8. The number of benzene rings is 6. The molecule has 12 rings (SSSR count). The molecule has 6 N–H and O–H groups in total. The van der Waals surface area contributed by atoms with Crippen LogP contribution in [0.1, 0.15) is 54.8 Å². The number of rotatable bonds is 12. The third-order valence-electron chi connectivity index (χ3n) is 13.3. The number of pyridine rings is 2. The molecule has 0 aliphatic rings. The van der Waals surface area contributed by atoms with E-state index in [0.29, 0.717) is 49.0 Å². The molecular weight excluding hydrogens is 1330 g/mol. The molecule has 18 nitrogen and oxygen atoms in total. The summed E-state index contributed by atoms with van der Waals surface area (Å²) in [6.45, 7) is 13.6. The van der Waals surface area contributed by atoms with Crippen LogP contribution in [-0.2, 0) is 20.0 Å². The van der Waals surface area contributed by atoms with E-state index in [0.717, 1.165) is 92.5 Å². The van der Waals surface area contributed by atoms with Gasteiger partial charge in [0.1, 0.15) is 17.0 Å². The Morgan fingerprint density at radius 3 is 1.55 bits per heavy atom. The predicted octanol–water partition coefficient (Wildman–Crippen LogP) is 9.37. The fraction of sp³-hybridized carbons (Fsp3) is 0.180. The molecule has 84 heavy (non-hydrogen) atoms. The Morgan fingerprint density at radius 2 is 1.07 bits per heavy atom. The van der Waals surface area contributed by atoms with Crippen LogP contribution < -0.4 is 36.1 Å². The van der Waals surface area contributed by atoms with Crippen molar-refractivity contribution in [3.05, 3.63) is 183 Å². The smallest absolute Gasteiger partial charge is 0.423 e. The van der Waals surface area contributed by atoms with Crippen molar-refractivity contribution in [2.75, 3.05) is 18.8 Å². The van der Waals surface area contributed by atoms with Gasteiger partial charge in [-0.25, -0.2) is 36.2 Å². The summed E-state index contributed by atoms with van der Waals surface area (Å²) in [7, 11) is -8.98. The Kier molecular flexibility index (Phi) is 20.1. The standard InChI is InChI=1S/C28H23N5O3S.C18H15IN4O3S.C10H10BNO2.C4H10I.CH4/c1-16-11-12-23-21(10-7-13-29-23)25(16)22-14-19(26-17(2)32-36-18(26)3)15-24-27(22)31-28(30-24)33-37(34,35)20-8-5-4-6-9-20;1-10-16(11(2)26-22-10)12-8-14(19)17-15(9-12)20-18(21-17)23-27(24,25)13-6-4-3-5-7-13;1-7-4-5-9-8(3-2-6-12-9)10(7)11(13)14;1-3-4-5-2;/h4-15H,1-3H3,(H2,30,31,33);3-9H,1-2H3,(H2,20,21,23);2-6,13-14H,1H3;3-4H2,1-2H3;1H4/q;;;-1;. The van der Waals surface area contributed by atoms with E-state index in [1.54, 1.807) is 67.0 Å². The number of fused-ring (bicyclic) bond motifs is 4. The number of aryl methyl sites for hydroxylation is 6. The van der Waals surface area contributed by atoms with Crippen molar-refractivity contribution in [1.29, 1.82) is 0 Å². The van der Waals surface area contributed by atoms with Gasteiger partial charge in [0.15, 0.2) is 0 Å². The maximum atomic E-state index is 13.0. The van der Waals surface area contributed by atoms with Gasteiger partial charge in [0.05, 0.1) is 48.8 Å². The number of H-pyrrole nitrogens is 2. The van der Waals surface area contributed by atoms with Crippen LogP contribution in [0.2, 0.25) is 0 Å². The van der Waals surface area contributed by atoms with Gasteiger partial charge in [0, 0.05) is 43.4 Å². The summed E-state index contributed by atoms with van der Waals surface area (Å²) in [6.07, 6.45) is 4.84. The van der Waals surface area contributed by atoms with E-state index >= 15 is 0 Å². The number of imidazole rings is 2. The summed E-state index contributed by atoms with van der Waals surface area (Å²) in [6, 6.07) is 39.6. The number of hydrogen-bond acceptors (Lipinski definition) is 14. The van der Waals surface area contributed by atoms with E-state index in [1.165, 1.54) is 23.0 Å². The Balaban J connectivity index is 0.000000170. The number of halogens is 2. The molecule has 6 aromatic heterocycles. The first-order valence-electron chi connectivity index (χ1n) is 26.0. The molecule has 6 heterocycles. The number of aromatic nitrogens is 8. The second-order valence-electron chi connectivity index (χ2n) is 19.2. The van der Waals surface area contributed by atoms with Crippen molar-refractivity contribution in [3.63, 3.8) is 0 Å². The zero-order valence-electron chi connectivity index (χ0n) is 46.4. The van der Waals surface area contributed by atoms with Gasteiger partial charge in [-0.05, 0) is 165 Å². The summed E-state index contributed by atoms with van der Waals surface area (Å²) in [5.74, 6) is 1.73. The summed E-state index contributed by atoms with van der Waals surface area (Å²) in [5.41, 5.74) is 13.9. The molecule has 0 atom stereocenters. The first-order valence-corrected chi connectivity index (χ1v) is 33.7. The Hall–Kier alpha value is -7.56. The van der Waals surface area contributed by atoms with E-state index in [-0.39, 0.29) is 29.1 Å². The zero-order valence-corrected chi connectivity index (χ0v) is 52.4. The monoisotopic (exact) mass is 1390 g/mol. The van der Waals surface area contributed by atoms with Gasteiger partial charge in [-0.1, -0.05) is 84.0 Å². The van der Waals surface area contributed by atoms with Crippen molar-refractivity contribution in [3.8, 4) is 33.4 Å². The second kappa shape index (κ2) is 27.0. The molecule has 0 bridgehead atoms. The van der Waals surface area contributed by atoms with E-state index in [1.807, 2.05) is 102 Å². The van der Waals surface area contributed by atoms with Crippen LogP contribution in [0.25, 0.3) is 77.3 Å². The SMILES string of the molecule is C.CCC[I-]C.Cc1ccc2ncccc2c1-c1cc(-c2c(C)noc2C)cc2[nH]c(NS(=O)(=O)c3ccccc3)nc12.Cc1ccc2ncccc2c1B(O)O.Cc1noc(C)c1-c1cc(I)c2nc(NS(=O)(=O)c3ccccc3)[nH]c2c1. The average molecular weight is 1390 g/mol. The summed E-state index contributed by atoms with van der Waals surface area (Å²) < 4.78 is 69.2. The third-order valence-corrected chi connectivity index (χ3v) is 19.0. The molecule has 23 heteroatoms. The fourth-order valence-corrected chi connectivity index (χ4v) is 13.4. The largest absolute Gasteiger partial charge is 0.489 e. The van der Waals surface area contributed by atoms with Crippen molar-refractivity contribution < 1.29 is 57.1 Å². The maximum absolute atomic E-state index is 13.0. The maximum Gasteiger partial charge on any atom is 0.489 e. The van der Waals surface area contributed by atoms with Crippen LogP contribution in [0, 0.1) is 45.1 Å². The van der Waals surface area contributed by atoms with E-state index < -0.39 is 27.2 Å². The Bertz CT molecular complexity index is 4480. The summed E-state index contributed by atoms with van der Waals surface area (Å²) in [5, 5.41) is 28.4. The van der Waals surface area contributed by atoms with Crippen LogP contribution in [0.4, 0.5) is 11.9 Å². The molecule has 0 spiro atoms. The molecule has 12 aromatic rings. The number of nitrogens with one attached hydrogen (secondary N) is 4. The molecule has 434 valence electrons. The van der Waals surface area contributed by atoms with Gasteiger partial charge in [0.2, 0.25) is 11.9 Å². The molecule has 0 saturated carbocycles. The van der Waals surface area contributed by atoms with E-state index in [9.17, 15) is 26.9 Å². The van der Waals surface area contributed by atoms with E-state index in [2.05, 4.69) is 85.2 Å². The van der Waals surface area contributed by atoms with Crippen LogP contribution in [0.3, 0.4) is 0 Å². The van der Waals surface area contributed by atoms with Crippen molar-refractivity contribution >= 4 is 111 Å². The van der Waals surface area contributed by atoms with Gasteiger partial charge < -0.3 is 29.1 Å². The van der Waals surface area contributed by atoms with Crippen molar-refractivity contribution in [2.24, 2.45) is 0 Å². The zero-order chi connectivity index (χ0) is 59.2. The molecule has 0 saturated heterocycles. The van der Waals surface area contributed by atoms with Gasteiger partial charge in [0.25, 0.3) is 20.0 Å². The van der Waals surface area contributed by atoms with Gasteiger partial charge in [-0.2, -0.15) is 0 Å². The number of aromatic amines is 2. The quantitative estimate of drug-likeness (QED) is 0.0378. The second-order valence-corrected chi connectivity index (χ2v) is 26.3. The Morgan fingerprint density at radius 1 is 0.595 bits per heavy atom. The van der Waals surface area contributed by atoms with Crippen LogP contribution in [0.15, 0.2) is 165 Å². The molecule has 6 aromatic carbocycles. The number of anilines is 2. The molecule has 0 aliphatic carbocycles.